The summed E-state index contributed by atoms with van der Waals surface area (Å²) in [5, 5.41) is 12.1. The van der Waals surface area contributed by atoms with E-state index in [0.717, 1.165) is 25.9 Å². The van der Waals surface area contributed by atoms with Gasteiger partial charge in [-0.2, -0.15) is 0 Å². The van der Waals surface area contributed by atoms with E-state index in [0.29, 0.717) is 5.56 Å². The van der Waals surface area contributed by atoms with Gasteiger partial charge in [0.15, 0.2) is 0 Å². The normalized spacial score (nSPS) is 15.2. The number of benzene rings is 1. The van der Waals surface area contributed by atoms with E-state index < -0.39 is 5.97 Å². The lowest BCUT2D eigenvalue weighted by atomic mass is 10.0. The minimum absolute atomic E-state index is 0. The summed E-state index contributed by atoms with van der Waals surface area (Å²) >= 11 is 0. The number of halogens is 1. The minimum Gasteiger partial charge on any atom is -0.478 e. The van der Waals surface area contributed by atoms with Crippen LogP contribution in [-0.2, 0) is 0 Å². The average Bonchev–Trinajstić information content (AvgIpc) is 2.46. The zero-order chi connectivity index (χ0) is 13.8. The van der Waals surface area contributed by atoms with Crippen LogP contribution in [0.2, 0.25) is 0 Å². The number of amides is 1. The second-order valence-electron chi connectivity index (χ2n) is 4.78. The van der Waals surface area contributed by atoms with E-state index >= 15 is 0 Å². The van der Waals surface area contributed by atoms with Gasteiger partial charge in [0, 0.05) is 18.7 Å². The molecule has 0 saturated carbocycles. The number of nitrogens with one attached hydrogen (secondary N) is 1. The molecule has 0 aliphatic carbocycles. The first kappa shape index (κ1) is 16.5. The van der Waals surface area contributed by atoms with Crippen LogP contribution in [-0.4, -0.2) is 48.1 Å². The molecule has 0 spiro atoms. The molecule has 0 unspecified atom stereocenters. The smallest absolute Gasteiger partial charge is 0.335 e. The predicted molar refractivity (Wildman–Crippen MR) is 78.6 cm³/mol. The SMILES string of the molecule is CN(C(=O)c1ccc(C(=O)O)cc1)C1CCNCC1.Cl. The van der Waals surface area contributed by atoms with Gasteiger partial charge in [-0.3, -0.25) is 4.79 Å². The van der Waals surface area contributed by atoms with Crippen LogP contribution >= 0.6 is 12.4 Å². The van der Waals surface area contributed by atoms with Crippen molar-refractivity contribution in [3.63, 3.8) is 0 Å². The number of hydrogen-bond acceptors (Lipinski definition) is 3. The average molecular weight is 299 g/mol. The number of aromatic carboxylic acids is 1. The highest BCUT2D eigenvalue weighted by molar-refractivity contribution is 5.95. The molecule has 20 heavy (non-hydrogen) atoms. The Morgan fingerprint density at radius 2 is 1.65 bits per heavy atom. The third-order valence-electron chi connectivity index (χ3n) is 3.56. The molecule has 1 heterocycles. The van der Waals surface area contributed by atoms with E-state index in [2.05, 4.69) is 5.32 Å². The number of carboxylic acids is 1. The highest BCUT2D eigenvalue weighted by Gasteiger charge is 2.22. The van der Waals surface area contributed by atoms with Crippen LogP contribution in [0.4, 0.5) is 0 Å². The molecule has 1 aromatic rings. The fourth-order valence-corrected chi connectivity index (χ4v) is 2.32. The first-order valence-corrected chi connectivity index (χ1v) is 6.41. The molecular formula is C14H19ClN2O3. The molecule has 1 aliphatic heterocycles. The van der Waals surface area contributed by atoms with Crippen LogP contribution in [0.25, 0.3) is 0 Å². The summed E-state index contributed by atoms with van der Waals surface area (Å²) in [4.78, 5) is 24.8. The van der Waals surface area contributed by atoms with Crippen molar-refractivity contribution in [3.05, 3.63) is 35.4 Å². The van der Waals surface area contributed by atoms with Crippen molar-refractivity contribution in [1.82, 2.24) is 10.2 Å². The van der Waals surface area contributed by atoms with E-state index in [-0.39, 0.29) is 29.9 Å². The molecule has 6 heteroatoms. The number of rotatable bonds is 3. The fraction of sp³-hybridized carbons (Fsp3) is 0.429. The number of hydrogen-bond donors (Lipinski definition) is 2. The lowest BCUT2D eigenvalue weighted by Crippen LogP contribution is -2.43. The lowest BCUT2D eigenvalue weighted by molar-refractivity contribution is 0.0686. The molecule has 2 rings (SSSR count). The van der Waals surface area contributed by atoms with Gasteiger partial charge < -0.3 is 15.3 Å². The Hall–Kier alpha value is -1.59. The van der Waals surface area contributed by atoms with Crippen LogP contribution in [0.5, 0.6) is 0 Å². The van der Waals surface area contributed by atoms with E-state index in [1.165, 1.54) is 12.1 Å². The summed E-state index contributed by atoms with van der Waals surface area (Å²) in [6.45, 7) is 1.86. The molecule has 2 N–H and O–H groups in total. The van der Waals surface area contributed by atoms with Crippen LogP contribution in [0, 0.1) is 0 Å². The molecule has 1 aliphatic rings. The standard InChI is InChI=1S/C14H18N2O3.ClH/c1-16(12-6-8-15-9-7-12)13(17)10-2-4-11(5-3-10)14(18)19;/h2-5,12,15H,6-9H2,1H3,(H,18,19);1H. The van der Waals surface area contributed by atoms with Gasteiger partial charge in [0.05, 0.1) is 5.56 Å². The van der Waals surface area contributed by atoms with Gasteiger partial charge >= 0.3 is 5.97 Å². The molecule has 1 aromatic carbocycles. The van der Waals surface area contributed by atoms with Crippen LogP contribution in [0.1, 0.15) is 33.6 Å². The Kier molecular flexibility index (Phi) is 5.98. The summed E-state index contributed by atoms with van der Waals surface area (Å²) in [5.74, 6) is -1.03. The van der Waals surface area contributed by atoms with Gasteiger partial charge in [-0.15, -0.1) is 12.4 Å². The van der Waals surface area contributed by atoms with E-state index in [1.807, 2.05) is 7.05 Å². The van der Waals surface area contributed by atoms with Gasteiger partial charge in [-0.1, -0.05) is 0 Å². The number of piperidine rings is 1. The summed E-state index contributed by atoms with van der Waals surface area (Å²) < 4.78 is 0. The predicted octanol–water partition coefficient (Wildman–Crippen LogP) is 1.63. The largest absolute Gasteiger partial charge is 0.478 e. The first-order chi connectivity index (χ1) is 9.09. The first-order valence-electron chi connectivity index (χ1n) is 6.41. The molecular weight excluding hydrogens is 280 g/mol. The molecule has 5 nitrogen and oxygen atoms in total. The third-order valence-corrected chi connectivity index (χ3v) is 3.56. The van der Waals surface area contributed by atoms with Gasteiger partial charge in [0.25, 0.3) is 5.91 Å². The number of carbonyl (C=O) groups is 2. The highest BCUT2D eigenvalue weighted by Crippen LogP contribution is 2.14. The maximum absolute atomic E-state index is 12.3. The van der Waals surface area contributed by atoms with Crippen molar-refractivity contribution >= 4 is 24.3 Å². The quantitative estimate of drug-likeness (QED) is 0.890. The summed E-state index contributed by atoms with van der Waals surface area (Å²) in [7, 11) is 1.81. The molecule has 0 atom stereocenters. The topological polar surface area (TPSA) is 69.6 Å². The molecule has 0 bridgehead atoms. The third kappa shape index (κ3) is 3.71. The Labute approximate surface area is 124 Å². The van der Waals surface area contributed by atoms with Crippen LogP contribution in [0.3, 0.4) is 0 Å². The van der Waals surface area contributed by atoms with Crippen LogP contribution in [0.15, 0.2) is 24.3 Å². The van der Waals surface area contributed by atoms with Crippen molar-refractivity contribution in [2.24, 2.45) is 0 Å². The summed E-state index contributed by atoms with van der Waals surface area (Å²) in [5.41, 5.74) is 0.729. The van der Waals surface area contributed by atoms with Gasteiger partial charge in [-0.05, 0) is 50.2 Å². The number of carboxylic acid groups (broad SMARTS) is 1. The Morgan fingerprint density at radius 3 is 2.15 bits per heavy atom. The number of nitrogens with zero attached hydrogens (tertiary/aromatic N) is 1. The minimum atomic E-state index is -0.981. The number of carbonyl (C=O) groups excluding carboxylic acids is 1. The van der Waals surface area contributed by atoms with Crippen molar-refractivity contribution < 1.29 is 14.7 Å². The van der Waals surface area contributed by atoms with E-state index in [4.69, 9.17) is 5.11 Å². The second kappa shape index (κ2) is 7.26. The van der Waals surface area contributed by atoms with Crippen LogP contribution < -0.4 is 5.32 Å². The molecule has 0 aromatic heterocycles. The molecule has 110 valence electrons. The monoisotopic (exact) mass is 298 g/mol. The highest BCUT2D eigenvalue weighted by atomic mass is 35.5. The maximum Gasteiger partial charge on any atom is 0.335 e. The second-order valence-corrected chi connectivity index (χ2v) is 4.78. The summed E-state index contributed by atoms with van der Waals surface area (Å²) in [6.07, 6.45) is 1.91. The Balaban J connectivity index is 0.00000200. The van der Waals surface area contributed by atoms with E-state index in [1.54, 1.807) is 17.0 Å². The van der Waals surface area contributed by atoms with E-state index in [9.17, 15) is 9.59 Å². The van der Waals surface area contributed by atoms with Crippen molar-refractivity contribution in [2.75, 3.05) is 20.1 Å². The molecule has 1 saturated heterocycles. The maximum atomic E-state index is 12.3. The fourth-order valence-electron chi connectivity index (χ4n) is 2.32. The van der Waals surface area contributed by atoms with Crippen molar-refractivity contribution in [1.29, 1.82) is 0 Å². The van der Waals surface area contributed by atoms with Gasteiger partial charge in [0.2, 0.25) is 0 Å². The van der Waals surface area contributed by atoms with Crippen molar-refractivity contribution in [2.45, 2.75) is 18.9 Å². The Morgan fingerprint density at radius 1 is 1.15 bits per heavy atom. The van der Waals surface area contributed by atoms with Gasteiger partial charge in [-0.25, -0.2) is 4.79 Å². The van der Waals surface area contributed by atoms with Gasteiger partial charge in [0.1, 0.15) is 0 Å². The lowest BCUT2D eigenvalue weighted by Gasteiger charge is -2.31. The van der Waals surface area contributed by atoms with Crippen molar-refractivity contribution in [3.8, 4) is 0 Å². The Bertz CT molecular complexity index is 470. The molecule has 0 radical (unpaired) electrons. The zero-order valence-electron chi connectivity index (χ0n) is 11.3. The molecule has 1 amide bonds. The zero-order valence-corrected chi connectivity index (χ0v) is 12.2. The molecule has 1 fully saturated rings. The summed E-state index contributed by atoms with van der Waals surface area (Å²) in [6, 6.07) is 6.33.